The normalized spacial score (nSPS) is 17.4. The Morgan fingerprint density at radius 2 is 2.00 bits per heavy atom. The van der Waals surface area contributed by atoms with Gasteiger partial charge in [0.15, 0.2) is 0 Å². The fourth-order valence-electron chi connectivity index (χ4n) is 2.70. The molecule has 0 atom stereocenters. The standard InChI is InChI=1S/C15H20N4O/c1-12-10-15(20)19-11-13(4-5-14(19)16-12)18-7-3-6-17(2)8-9-18/h4-5,10-11H,3,6-9H2,1-2H3. The van der Waals surface area contributed by atoms with Crippen LogP contribution in [0.3, 0.4) is 0 Å². The van der Waals surface area contributed by atoms with Crippen LogP contribution in [-0.4, -0.2) is 47.5 Å². The maximum absolute atomic E-state index is 12.1. The lowest BCUT2D eigenvalue weighted by molar-refractivity contribution is 0.360. The van der Waals surface area contributed by atoms with E-state index in [-0.39, 0.29) is 5.56 Å². The zero-order valence-corrected chi connectivity index (χ0v) is 12.0. The smallest absolute Gasteiger partial charge is 0.258 e. The molecule has 5 nitrogen and oxygen atoms in total. The minimum Gasteiger partial charge on any atom is -0.369 e. The van der Waals surface area contributed by atoms with Crippen molar-refractivity contribution in [3.63, 3.8) is 0 Å². The summed E-state index contributed by atoms with van der Waals surface area (Å²) >= 11 is 0. The summed E-state index contributed by atoms with van der Waals surface area (Å²) in [7, 11) is 2.15. The number of aromatic nitrogens is 2. The van der Waals surface area contributed by atoms with Crippen LogP contribution in [-0.2, 0) is 0 Å². The molecule has 0 saturated carbocycles. The Labute approximate surface area is 118 Å². The van der Waals surface area contributed by atoms with Crippen LogP contribution in [0.4, 0.5) is 5.69 Å². The van der Waals surface area contributed by atoms with Crippen LogP contribution >= 0.6 is 0 Å². The third-order valence-corrected chi connectivity index (χ3v) is 3.86. The van der Waals surface area contributed by atoms with E-state index in [0.717, 1.165) is 44.0 Å². The molecule has 0 amide bonds. The fourth-order valence-corrected chi connectivity index (χ4v) is 2.70. The van der Waals surface area contributed by atoms with Gasteiger partial charge >= 0.3 is 0 Å². The van der Waals surface area contributed by atoms with Crippen molar-refractivity contribution >= 4 is 11.3 Å². The Morgan fingerprint density at radius 1 is 1.15 bits per heavy atom. The van der Waals surface area contributed by atoms with Gasteiger partial charge in [-0.2, -0.15) is 0 Å². The Hall–Kier alpha value is -1.88. The van der Waals surface area contributed by atoms with Gasteiger partial charge in [0.2, 0.25) is 0 Å². The van der Waals surface area contributed by atoms with Gasteiger partial charge in [0.25, 0.3) is 5.56 Å². The predicted octanol–water partition coefficient (Wildman–Crippen LogP) is 1.14. The van der Waals surface area contributed by atoms with E-state index in [1.54, 1.807) is 10.5 Å². The number of rotatable bonds is 1. The first kappa shape index (κ1) is 13.1. The molecule has 2 aromatic heterocycles. The number of nitrogens with zero attached hydrogens (tertiary/aromatic N) is 4. The van der Waals surface area contributed by atoms with Crippen LogP contribution in [0.15, 0.2) is 29.2 Å². The van der Waals surface area contributed by atoms with E-state index in [4.69, 9.17) is 0 Å². The average molecular weight is 272 g/mol. The molecule has 0 aliphatic carbocycles. The van der Waals surface area contributed by atoms with Crippen molar-refractivity contribution in [3.05, 3.63) is 40.4 Å². The zero-order chi connectivity index (χ0) is 14.1. The van der Waals surface area contributed by atoms with Gasteiger partial charge in [-0.3, -0.25) is 9.20 Å². The summed E-state index contributed by atoms with van der Waals surface area (Å²) in [5, 5.41) is 0. The Morgan fingerprint density at radius 3 is 2.85 bits per heavy atom. The second-order valence-corrected chi connectivity index (χ2v) is 5.50. The molecule has 3 heterocycles. The molecule has 1 saturated heterocycles. The summed E-state index contributed by atoms with van der Waals surface area (Å²) in [6, 6.07) is 5.57. The minimum atomic E-state index is -0.0127. The lowest BCUT2D eigenvalue weighted by atomic mass is 10.3. The topological polar surface area (TPSA) is 40.9 Å². The van der Waals surface area contributed by atoms with Gasteiger partial charge in [-0.25, -0.2) is 4.98 Å². The van der Waals surface area contributed by atoms with E-state index in [2.05, 4.69) is 27.9 Å². The molecule has 1 fully saturated rings. The van der Waals surface area contributed by atoms with Gasteiger partial charge in [0.1, 0.15) is 5.65 Å². The van der Waals surface area contributed by atoms with E-state index in [1.165, 1.54) is 0 Å². The van der Waals surface area contributed by atoms with Crippen molar-refractivity contribution in [3.8, 4) is 0 Å². The van der Waals surface area contributed by atoms with Gasteiger partial charge in [-0.1, -0.05) is 0 Å². The van der Waals surface area contributed by atoms with Gasteiger partial charge in [0, 0.05) is 37.6 Å². The zero-order valence-electron chi connectivity index (χ0n) is 12.0. The second kappa shape index (κ2) is 5.25. The lowest BCUT2D eigenvalue weighted by Gasteiger charge is -2.23. The first-order valence-corrected chi connectivity index (χ1v) is 7.07. The number of hydrogen-bond acceptors (Lipinski definition) is 4. The Bertz CT molecular complexity index is 679. The van der Waals surface area contributed by atoms with Crippen LogP contribution in [0.1, 0.15) is 12.1 Å². The molecule has 0 unspecified atom stereocenters. The van der Waals surface area contributed by atoms with E-state index in [9.17, 15) is 4.79 Å². The third-order valence-electron chi connectivity index (χ3n) is 3.86. The highest BCUT2D eigenvalue weighted by Crippen LogP contribution is 2.16. The van der Waals surface area contributed by atoms with Gasteiger partial charge < -0.3 is 9.80 Å². The Kier molecular flexibility index (Phi) is 3.44. The maximum atomic E-state index is 12.1. The van der Waals surface area contributed by atoms with E-state index < -0.39 is 0 Å². The molecule has 0 N–H and O–H groups in total. The molecular weight excluding hydrogens is 252 g/mol. The van der Waals surface area contributed by atoms with Crippen LogP contribution in [0.25, 0.3) is 5.65 Å². The minimum absolute atomic E-state index is 0.0127. The lowest BCUT2D eigenvalue weighted by Crippen LogP contribution is -2.29. The van der Waals surface area contributed by atoms with Crippen molar-refractivity contribution in [2.24, 2.45) is 0 Å². The van der Waals surface area contributed by atoms with Crippen LogP contribution in [0.2, 0.25) is 0 Å². The molecule has 0 radical (unpaired) electrons. The fraction of sp³-hybridized carbons (Fsp3) is 0.467. The number of fused-ring (bicyclic) bond motifs is 1. The van der Waals surface area contributed by atoms with Crippen molar-refractivity contribution in [2.45, 2.75) is 13.3 Å². The van der Waals surface area contributed by atoms with Crippen molar-refractivity contribution in [1.29, 1.82) is 0 Å². The second-order valence-electron chi connectivity index (χ2n) is 5.50. The van der Waals surface area contributed by atoms with Crippen LogP contribution < -0.4 is 10.5 Å². The van der Waals surface area contributed by atoms with E-state index >= 15 is 0 Å². The maximum Gasteiger partial charge on any atom is 0.258 e. The SMILES string of the molecule is Cc1cc(=O)n2cc(N3CCCN(C)CC3)ccc2n1. The molecule has 1 aliphatic heterocycles. The van der Waals surface area contributed by atoms with Gasteiger partial charge in [0.05, 0.1) is 5.69 Å². The summed E-state index contributed by atoms with van der Waals surface area (Å²) in [5.74, 6) is 0. The first-order chi connectivity index (χ1) is 9.63. The molecule has 0 spiro atoms. The Balaban J connectivity index is 1.98. The highest BCUT2D eigenvalue weighted by atomic mass is 16.1. The molecule has 0 aromatic carbocycles. The summed E-state index contributed by atoms with van der Waals surface area (Å²) < 4.78 is 1.64. The quantitative estimate of drug-likeness (QED) is 0.781. The van der Waals surface area contributed by atoms with Crippen LogP contribution in [0.5, 0.6) is 0 Å². The summed E-state index contributed by atoms with van der Waals surface area (Å²) in [5.41, 5.74) is 2.56. The molecule has 20 heavy (non-hydrogen) atoms. The first-order valence-electron chi connectivity index (χ1n) is 7.07. The molecule has 0 bridgehead atoms. The van der Waals surface area contributed by atoms with Crippen molar-refractivity contribution in [2.75, 3.05) is 38.1 Å². The monoisotopic (exact) mass is 272 g/mol. The molecule has 106 valence electrons. The number of pyridine rings is 1. The number of hydrogen-bond donors (Lipinski definition) is 0. The number of anilines is 1. The average Bonchev–Trinajstić information content (AvgIpc) is 2.63. The van der Waals surface area contributed by atoms with Crippen molar-refractivity contribution < 1.29 is 0 Å². The summed E-state index contributed by atoms with van der Waals surface area (Å²) in [6.07, 6.45) is 3.06. The largest absolute Gasteiger partial charge is 0.369 e. The molecule has 2 aromatic rings. The van der Waals surface area contributed by atoms with E-state index in [0.29, 0.717) is 5.65 Å². The van der Waals surface area contributed by atoms with Gasteiger partial charge in [-0.05, 0) is 39.1 Å². The van der Waals surface area contributed by atoms with Crippen molar-refractivity contribution in [1.82, 2.24) is 14.3 Å². The molecule has 5 heteroatoms. The highest BCUT2D eigenvalue weighted by molar-refractivity contribution is 5.52. The molecule has 3 rings (SSSR count). The summed E-state index contributed by atoms with van der Waals surface area (Å²) in [4.78, 5) is 21.1. The summed E-state index contributed by atoms with van der Waals surface area (Å²) in [6.45, 7) is 6.06. The third kappa shape index (κ3) is 2.54. The van der Waals surface area contributed by atoms with Crippen LogP contribution in [0, 0.1) is 6.92 Å². The van der Waals surface area contributed by atoms with Gasteiger partial charge in [-0.15, -0.1) is 0 Å². The molecule has 1 aliphatic rings. The molecular formula is C15H20N4O. The highest BCUT2D eigenvalue weighted by Gasteiger charge is 2.13. The number of aryl methyl sites for hydroxylation is 1. The van der Waals surface area contributed by atoms with E-state index in [1.807, 2.05) is 19.2 Å². The predicted molar refractivity (Wildman–Crippen MR) is 80.5 cm³/mol. The number of likely N-dealkylation sites (N-methyl/N-ethyl adjacent to an activating group) is 1.